The highest BCUT2D eigenvalue weighted by atomic mass is 35.5. The zero-order valence-corrected chi connectivity index (χ0v) is 18.0. The number of benzene rings is 2. The summed E-state index contributed by atoms with van der Waals surface area (Å²) < 4.78 is 38.8. The number of halogens is 4. The van der Waals surface area contributed by atoms with Crippen LogP contribution < -0.4 is 11.1 Å². The molecule has 9 heteroatoms. The second-order valence-electron chi connectivity index (χ2n) is 7.31. The van der Waals surface area contributed by atoms with E-state index in [0.29, 0.717) is 23.6 Å². The maximum Gasteiger partial charge on any atom is 0.417 e. The van der Waals surface area contributed by atoms with Crippen LogP contribution in [-0.2, 0) is 6.18 Å². The minimum Gasteiger partial charge on any atom is -0.368 e. The Morgan fingerprint density at radius 1 is 0.879 bits per heavy atom. The molecule has 4 rings (SSSR count). The molecule has 0 saturated heterocycles. The first kappa shape index (κ1) is 22.7. The second kappa shape index (κ2) is 9.56. The number of nitrogens with zero attached hydrogens (tertiary/aromatic N) is 3. The maximum absolute atomic E-state index is 12.9. The zero-order chi connectivity index (χ0) is 23.4. The van der Waals surface area contributed by atoms with Crippen molar-refractivity contribution < 1.29 is 13.2 Å². The minimum atomic E-state index is -4.51. The maximum atomic E-state index is 12.9. The van der Waals surface area contributed by atoms with Gasteiger partial charge in [-0.05, 0) is 29.8 Å². The standard InChI is InChI=1S/C24H19ClF3N5/c25-19-11-17(8-9-18(19)24(26,27)28)22-12-23(33-14-32-22)31-13-20(29)15-4-6-16(7-5-15)21-3-1-2-10-30-21/h1-12,14,20H,13,29H2,(H,31,32,33). The molecule has 0 spiro atoms. The Balaban J connectivity index is 1.43. The molecule has 2 heterocycles. The molecule has 0 fully saturated rings. The lowest BCUT2D eigenvalue weighted by Gasteiger charge is -2.15. The Hall–Kier alpha value is -3.49. The molecule has 0 bridgehead atoms. The van der Waals surface area contributed by atoms with Gasteiger partial charge in [0, 0.05) is 36.0 Å². The number of rotatable bonds is 6. The van der Waals surface area contributed by atoms with Gasteiger partial charge in [0.05, 0.1) is 22.0 Å². The predicted octanol–water partition coefficient (Wildman–Crippen LogP) is 5.99. The van der Waals surface area contributed by atoms with E-state index < -0.39 is 11.7 Å². The first-order valence-electron chi connectivity index (χ1n) is 10.0. The van der Waals surface area contributed by atoms with Gasteiger partial charge < -0.3 is 11.1 Å². The number of pyridine rings is 1. The molecule has 0 aliphatic heterocycles. The van der Waals surface area contributed by atoms with Gasteiger partial charge in [-0.1, -0.05) is 48.0 Å². The molecule has 0 aliphatic rings. The number of nitrogens with two attached hydrogens (primary N) is 1. The van der Waals surface area contributed by atoms with E-state index in [4.69, 9.17) is 17.3 Å². The Bertz CT molecular complexity index is 1230. The third-order valence-electron chi connectivity index (χ3n) is 5.04. The average Bonchev–Trinajstić information content (AvgIpc) is 2.82. The van der Waals surface area contributed by atoms with Crippen LogP contribution in [0.2, 0.25) is 5.02 Å². The highest BCUT2D eigenvalue weighted by Gasteiger charge is 2.33. The van der Waals surface area contributed by atoms with Gasteiger partial charge in [-0.25, -0.2) is 9.97 Å². The summed E-state index contributed by atoms with van der Waals surface area (Å²) in [4.78, 5) is 12.6. The van der Waals surface area contributed by atoms with Gasteiger partial charge in [0.25, 0.3) is 0 Å². The van der Waals surface area contributed by atoms with Crippen molar-refractivity contribution in [3.05, 3.63) is 95.4 Å². The van der Waals surface area contributed by atoms with Crippen molar-refractivity contribution in [3.8, 4) is 22.5 Å². The van der Waals surface area contributed by atoms with Crippen LogP contribution in [0.1, 0.15) is 17.2 Å². The third kappa shape index (κ3) is 5.47. The number of aromatic nitrogens is 3. The van der Waals surface area contributed by atoms with Crippen LogP contribution in [0.25, 0.3) is 22.5 Å². The predicted molar refractivity (Wildman–Crippen MR) is 123 cm³/mol. The quantitative estimate of drug-likeness (QED) is 0.362. The Labute approximate surface area is 193 Å². The van der Waals surface area contributed by atoms with E-state index in [9.17, 15) is 13.2 Å². The highest BCUT2D eigenvalue weighted by molar-refractivity contribution is 6.31. The zero-order valence-electron chi connectivity index (χ0n) is 17.2. The van der Waals surface area contributed by atoms with Crippen LogP contribution in [-0.4, -0.2) is 21.5 Å². The molecule has 0 saturated carbocycles. The fourth-order valence-corrected chi connectivity index (χ4v) is 3.57. The lowest BCUT2D eigenvalue weighted by Crippen LogP contribution is -2.21. The van der Waals surface area contributed by atoms with Crippen molar-refractivity contribution >= 4 is 17.4 Å². The smallest absolute Gasteiger partial charge is 0.368 e. The van der Waals surface area contributed by atoms with E-state index in [1.807, 2.05) is 42.5 Å². The van der Waals surface area contributed by atoms with Crippen LogP contribution in [0.15, 0.2) is 79.3 Å². The molecular weight excluding hydrogens is 451 g/mol. The summed E-state index contributed by atoms with van der Waals surface area (Å²) in [6.45, 7) is 0.396. The molecule has 1 atom stereocenters. The summed E-state index contributed by atoms with van der Waals surface area (Å²) in [7, 11) is 0. The molecule has 2 aromatic heterocycles. The SMILES string of the molecule is NC(CNc1cc(-c2ccc(C(F)(F)F)c(Cl)c2)ncn1)c1ccc(-c2ccccn2)cc1. The van der Waals surface area contributed by atoms with Crippen LogP contribution >= 0.6 is 11.6 Å². The number of alkyl halides is 3. The van der Waals surface area contributed by atoms with Gasteiger partial charge in [0.2, 0.25) is 0 Å². The third-order valence-corrected chi connectivity index (χ3v) is 5.35. The fraction of sp³-hybridized carbons (Fsp3) is 0.125. The normalized spacial score (nSPS) is 12.4. The average molecular weight is 470 g/mol. The topological polar surface area (TPSA) is 76.7 Å². The number of hydrogen-bond acceptors (Lipinski definition) is 5. The largest absolute Gasteiger partial charge is 0.417 e. The van der Waals surface area contributed by atoms with Crippen LogP contribution in [0.4, 0.5) is 19.0 Å². The van der Waals surface area contributed by atoms with E-state index in [-0.39, 0.29) is 11.1 Å². The minimum absolute atomic E-state index is 0.304. The second-order valence-corrected chi connectivity index (χ2v) is 7.71. The number of anilines is 1. The van der Waals surface area contributed by atoms with E-state index in [2.05, 4.69) is 20.3 Å². The van der Waals surface area contributed by atoms with Gasteiger partial charge in [0.15, 0.2) is 0 Å². The van der Waals surface area contributed by atoms with E-state index in [1.54, 1.807) is 12.3 Å². The van der Waals surface area contributed by atoms with Gasteiger partial charge in [-0.2, -0.15) is 13.2 Å². The summed E-state index contributed by atoms with van der Waals surface area (Å²) in [6.07, 6.45) is -1.44. The lowest BCUT2D eigenvalue weighted by molar-refractivity contribution is -0.137. The van der Waals surface area contributed by atoms with Gasteiger partial charge in [-0.15, -0.1) is 0 Å². The van der Waals surface area contributed by atoms with Crippen molar-refractivity contribution in [1.82, 2.24) is 15.0 Å². The number of hydrogen-bond donors (Lipinski definition) is 2. The van der Waals surface area contributed by atoms with Gasteiger partial charge in [0.1, 0.15) is 12.1 Å². The van der Waals surface area contributed by atoms with Crippen molar-refractivity contribution in [2.45, 2.75) is 12.2 Å². The van der Waals surface area contributed by atoms with Crippen molar-refractivity contribution in [1.29, 1.82) is 0 Å². The van der Waals surface area contributed by atoms with Crippen molar-refractivity contribution in [2.75, 3.05) is 11.9 Å². The molecule has 2 aromatic carbocycles. The van der Waals surface area contributed by atoms with Crippen LogP contribution in [0.3, 0.4) is 0 Å². The highest BCUT2D eigenvalue weighted by Crippen LogP contribution is 2.36. The van der Waals surface area contributed by atoms with E-state index in [1.165, 1.54) is 18.5 Å². The molecule has 5 nitrogen and oxygen atoms in total. The summed E-state index contributed by atoms with van der Waals surface area (Å²) in [6, 6.07) is 18.4. The Morgan fingerprint density at radius 3 is 2.30 bits per heavy atom. The summed E-state index contributed by atoms with van der Waals surface area (Å²) in [5.41, 5.74) is 9.13. The van der Waals surface area contributed by atoms with Gasteiger partial charge in [-0.3, -0.25) is 4.98 Å². The van der Waals surface area contributed by atoms with Crippen molar-refractivity contribution in [3.63, 3.8) is 0 Å². The molecule has 0 amide bonds. The molecule has 168 valence electrons. The molecule has 33 heavy (non-hydrogen) atoms. The van der Waals surface area contributed by atoms with Gasteiger partial charge >= 0.3 is 6.18 Å². The summed E-state index contributed by atoms with van der Waals surface area (Å²) >= 11 is 5.82. The Kier molecular flexibility index (Phi) is 6.57. The lowest BCUT2D eigenvalue weighted by atomic mass is 10.0. The molecule has 0 radical (unpaired) electrons. The molecule has 0 aliphatic carbocycles. The fourth-order valence-electron chi connectivity index (χ4n) is 3.28. The van der Waals surface area contributed by atoms with E-state index >= 15 is 0 Å². The molecular formula is C24H19ClF3N5. The molecule has 1 unspecified atom stereocenters. The van der Waals surface area contributed by atoms with Crippen molar-refractivity contribution in [2.24, 2.45) is 5.73 Å². The number of nitrogens with one attached hydrogen (secondary N) is 1. The van der Waals surface area contributed by atoms with E-state index in [0.717, 1.165) is 22.9 Å². The molecule has 4 aromatic rings. The first-order chi connectivity index (χ1) is 15.8. The van der Waals surface area contributed by atoms with Crippen LogP contribution in [0.5, 0.6) is 0 Å². The molecule has 3 N–H and O–H groups in total. The summed E-state index contributed by atoms with van der Waals surface area (Å²) in [5.74, 6) is 0.497. The van der Waals surface area contributed by atoms with Crippen LogP contribution in [0, 0.1) is 0 Å². The first-order valence-corrected chi connectivity index (χ1v) is 10.4. The summed E-state index contributed by atoms with van der Waals surface area (Å²) in [5, 5.41) is 2.76. The Morgan fingerprint density at radius 2 is 1.64 bits per heavy atom. The monoisotopic (exact) mass is 469 g/mol.